The third-order valence-electron chi connectivity index (χ3n) is 3.50. The molecule has 0 bridgehead atoms. The highest BCUT2D eigenvalue weighted by Crippen LogP contribution is 2.27. The number of carbonyl (C=O) groups is 1. The first-order valence-corrected chi connectivity index (χ1v) is 6.77. The van der Waals surface area contributed by atoms with Crippen molar-refractivity contribution in [3.8, 4) is 11.5 Å². The summed E-state index contributed by atoms with van der Waals surface area (Å²) in [4.78, 5) is 18.5. The van der Waals surface area contributed by atoms with Crippen LogP contribution in [0.5, 0.6) is 0 Å². The number of nitrogens with zero attached hydrogens (tertiary/aromatic N) is 5. The molecule has 7 heteroatoms. The van der Waals surface area contributed by atoms with E-state index in [0.717, 1.165) is 18.8 Å². The highest BCUT2D eigenvalue weighted by molar-refractivity contribution is 5.81. The number of aromatic nitrogens is 4. The van der Waals surface area contributed by atoms with Crippen LogP contribution in [0, 0.1) is 6.92 Å². The molecule has 7 nitrogen and oxygen atoms in total. The van der Waals surface area contributed by atoms with Crippen LogP contribution in [0.15, 0.2) is 10.7 Å². The van der Waals surface area contributed by atoms with Crippen LogP contribution < -0.4 is 0 Å². The second-order valence-electron chi connectivity index (χ2n) is 5.00. The van der Waals surface area contributed by atoms with Crippen LogP contribution in [0.2, 0.25) is 0 Å². The van der Waals surface area contributed by atoms with E-state index in [4.69, 9.17) is 4.42 Å². The van der Waals surface area contributed by atoms with Crippen molar-refractivity contribution >= 4 is 5.91 Å². The van der Waals surface area contributed by atoms with E-state index in [2.05, 4.69) is 22.1 Å². The van der Waals surface area contributed by atoms with Crippen LogP contribution in [0.4, 0.5) is 0 Å². The Bertz CT molecular complexity index is 645. The van der Waals surface area contributed by atoms with Crippen LogP contribution in [-0.2, 0) is 11.3 Å². The summed E-state index contributed by atoms with van der Waals surface area (Å²) in [6.07, 6.45) is 2.48. The topological polar surface area (TPSA) is 77.1 Å². The standard InChI is InChI=1S/C13H17N5O2/c1-4-5-17-6-11-15-16-12(10-7-20-9(3)14-10)18(11)8(2)13(17)19/h7-8H,4-6H2,1-3H3/t8-/m0/s1. The van der Waals surface area contributed by atoms with Crippen molar-refractivity contribution in [1.29, 1.82) is 0 Å². The number of hydrogen-bond acceptors (Lipinski definition) is 5. The Morgan fingerprint density at radius 1 is 1.45 bits per heavy atom. The predicted molar refractivity (Wildman–Crippen MR) is 70.7 cm³/mol. The van der Waals surface area contributed by atoms with Crippen molar-refractivity contribution in [1.82, 2.24) is 24.6 Å². The molecule has 0 saturated carbocycles. The first kappa shape index (κ1) is 12.8. The molecule has 0 fully saturated rings. The van der Waals surface area contributed by atoms with E-state index in [1.807, 2.05) is 16.4 Å². The van der Waals surface area contributed by atoms with E-state index in [1.165, 1.54) is 0 Å². The van der Waals surface area contributed by atoms with Crippen molar-refractivity contribution in [2.75, 3.05) is 6.54 Å². The molecule has 2 aromatic heterocycles. The van der Waals surface area contributed by atoms with Gasteiger partial charge in [-0.25, -0.2) is 4.98 Å². The lowest BCUT2D eigenvalue weighted by Crippen LogP contribution is -2.42. The van der Waals surface area contributed by atoms with Gasteiger partial charge in [0, 0.05) is 13.5 Å². The van der Waals surface area contributed by atoms with Gasteiger partial charge in [0.05, 0.1) is 6.54 Å². The average molecular weight is 275 g/mol. The minimum atomic E-state index is -0.313. The monoisotopic (exact) mass is 275 g/mol. The van der Waals surface area contributed by atoms with Crippen molar-refractivity contribution in [2.45, 2.75) is 39.8 Å². The van der Waals surface area contributed by atoms with Crippen LogP contribution >= 0.6 is 0 Å². The summed E-state index contributed by atoms with van der Waals surface area (Å²) < 4.78 is 7.07. The van der Waals surface area contributed by atoms with E-state index >= 15 is 0 Å². The summed E-state index contributed by atoms with van der Waals surface area (Å²) >= 11 is 0. The maximum atomic E-state index is 12.4. The molecule has 106 valence electrons. The lowest BCUT2D eigenvalue weighted by molar-refractivity contribution is -0.136. The molecular formula is C13H17N5O2. The second-order valence-corrected chi connectivity index (χ2v) is 5.00. The van der Waals surface area contributed by atoms with Gasteiger partial charge in [0.15, 0.2) is 17.5 Å². The van der Waals surface area contributed by atoms with Gasteiger partial charge in [-0.05, 0) is 13.3 Å². The summed E-state index contributed by atoms with van der Waals surface area (Å²) in [5, 5.41) is 8.37. The molecule has 0 spiro atoms. The van der Waals surface area contributed by atoms with Crippen LogP contribution in [0.25, 0.3) is 11.5 Å². The number of oxazole rings is 1. The smallest absolute Gasteiger partial charge is 0.245 e. The fraction of sp³-hybridized carbons (Fsp3) is 0.538. The average Bonchev–Trinajstić information content (AvgIpc) is 3.02. The minimum Gasteiger partial charge on any atom is -0.449 e. The zero-order valence-electron chi connectivity index (χ0n) is 11.8. The molecule has 1 atom stereocenters. The molecule has 20 heavy (non-hydrogen) atoms. The van der Waals surface area contributed by atoms with Crippen molar-refractivity contribution < 1.29 is 9.21 Å². The van der Waals surface area contributed by atoms with Crippen molar-refractivity contribution in [2.24, 2.45) is 0 Å². The lowest BCUT2D eigenvalue weighted by Gasteiger charge is -2.31. The maximum absolute atomic E-state index is 12.4. The van der Waals surface area contributed by atoms with Gasteiger partial charge in [-0.3, -0.25) is 9.36 Å². The van der Waals surface area contributed by atoms with Crippen molar-refractivity contribution in [3.63, 3.8) is 0 Å². The first-order valence-electron chi connectivity index (χ1n) is 6.77. The Balaban J connectivity index is 2.02. The molecule has 0 radical (unpaired) electrons. The Morgan fingerprint density at radius 2 is 2.25 bits per heavy atom. The Labute approximate surface area is 116 Å². The highest BCUT2D eigenvalue weighted by Gasteiger charge is 2.33. The first-order chi connectivity index (χ1) is 9.61. The maximum Gasteiger partial charge on any atom is 0.245 e. The molecule has 1 amide bonds. The third kappa shape index (κ3) is 1.90. The fourth-order valence-corrected chi connectivity index (χ4v) is 2.56. The van der Waals surface area contributed by atoms with Crippen LogP contribution in [0.1, 0.15) is 38.0 Å². The number of aryl methyl sites for hydroxylation is 1. The fourth-order valence-electron chi connectivity index (χ4n) is 2.56. The van der Waals surface area contributed by atoms with E-state index in [0.29, 0.717) is 24.0 Å². The van der Waals surface area contributed by atoms with Gasteiger partial charge in [-0.15, -0.1) is 10.2 Å². The van der Waals surface area contributed by atoms with Gasteiger partial charge in [-0.2, -0.15) is 0 Å². The summed E-state index contributed by atoms with van der Waals surface area (Å²) in [5.41, 5.74) is 0.616. The molecule has 0 N–H and O–H groups in total. The van der Waals surface area contributed by atoms with Crippen LogP contribution in [0.3, 0.4) is 0 Å². The molecule has 3 rings (SSSR count). The van der Waals surface area contributed by atoms with Gasteiger partial charge in [0.2, 0.25) is 5.91 Å². The normalized spacial score (nSPS) is 18.4. The molecule has 1 aliphatic rings. The molecule has 0 aromatic carbocycles. The highest BCUT2D eigenvalue weighted by atomic mass is 16.3. The Kier molecular flexibility index (Phi) is 3.04. The third-order valence-corrected chi connectivity index (χ3v) is 3.50. The summed E-state index contributed by atoms with van der Waals surface area (Å²) in [6.45, 7) is 6.94. The largest absolute Gasteiger partial charge is 0.449 e. The summed E-state index contributed by atoms with van der Waals surface area (Å²) in [7, 11) is 0. The van der Waals surface area contributed by atoms with E-state index in [-0.39, 0.29) is 11.9 Å². The molecule has 0 unspecified atom stereocenters. The molecular weight excluding hydrogens is 258 g/mol. The lowest BCUT2D eigenvalue weighted by atomic mass is 10.2. The zero-order chi connectivity index (χ0) is 14.3. The van der Waals surface area contributed by atoms with Crippen LogP contribution in [-0.4, -0.2) is 37.1 Å². The summed E-state index contributed by atoms with van der Waals surface area (Å²) in [5.74, 6) is 2.05. The number of fused-ring (bicyclic) bond motifs is 1. The molecule has 2 aromatic rings. The van der Waals surface area contributed by atoms with Gasteiger partial charge in [-0.1, -0.05) is 6.92 Å². The van der Waals surface area contributed by atoms with Gasteiger partial charge < -0.3 is 9.32 Å². The van der Waals surface area contributed by atoms with E-state index in [1.54, 1.807) is 13.2 Å². The SMILES string of the molecule is CCCN1Cc2nnc(-c3coc(C)n3)n2[C@@H](C)C1=O. The molecule has 3 heterocycles. The Hall–Kier alpha value is -2.18. The summed E-state index contributed by atoms with van der Waals surface area (Å²) in [6, 6.07) is -0.313. The zero-order valence-corrected chi connectivity index (χ0v) is 11.8. The minimum absolute atomic E-state index is 0.0978. The molecule has 0 aliphatic carbocycles. The van der Waals surface area contributed by atoms with E-state index < -0.39 is 0 Å². The second kappa shape index (κ2) is 4.73. The number of rotatable bonds is 3. The molecule has 1 aliphatic heterocycles. The van der Waals surface area contributed by atoms with Gasteiger partial charge >= 0.3 is 0 Å². The van der Waals surface area contributed by atoms with Gasteiger partial charge in [0.25, 0.3) is 0 Å². The Morgan fingerprint density at radius 3 is 2.90 bits per heavy atom. The van der Waals surface area contributed by atoms with Crippen molar-refractivity contribution in [3.05, 3.63) is 18.0 Å². The van der Waals surface area contributed by atoms with Gasteiger partial charge in [0.1, 0.15) is 18.0 Å². The number of amides is 1. The van der Waals surface area contributed by atoms with E-state index in [9.17, 15) is 4.79 Å². The quantitative estimate of drug-likeness (QED) is 0.849. The predicted octanol–water partition coefficient (Wildman–Crippen LogP) is 1.55. The molecule has 0 saturated heterocycles. The number of hydrogen-bond donors (Lipinski definition) is 0. The number of carbonyl (C=O) groups excluding carboxylic acids is 1.